The Balaban J connectivity index is 1.62. The van der Waals surface area contributed by atoms with Crippen LogP contribution in [0.2, 0.25) is 0 Å². The average molecular weight is 318 g/mol. The molecule has 0 unspecified atom stereocenters. The second-order valence-electron chi connectivity index (χ2n) is 6.37. The molecule has 0 spiro atoms. The van der Waals surface area contributed by atoms with Gasteiger partial charge in [-0.15, -0.1) is 0 Å². The van der Waals surface area contributed by atoms with Crippen molar-refractivity contribution < 1.29 is 0 Å². The number of H-pyrrole nitrogens is 2. The second-order valence-corrected chi connectivity index (χ2v) is 6.37. The van der Waals surface area contributed by atoms with Crippen molar-refractivity contribution in [2.24, 2.45) is 0 Å². The van der Waals surface area contributed by atoms with Crippen molar-refractivity contribution in [1.29, 1.82) is 0 Å². The predicted octanol–water partition coefficient (Wildman–Crippen LogP) is 2.97. The van der Waals surface area contributed by atoms with Gasteiger partial charge in [-0.25, -0.2) is 0 Å². The highest BCUT2D eigenvalue weighted by Crippen LogP contribution is 2.31. The van der Waals surface area contributed by atoms with Crippen LogP contribution in [-0.2, 0) is 0 Å². The van der Waals surface area contributed by atoms with Crippen molar-refractivity contribution in [2.75, 3.05) is 13.1 Å². The molecule has 4 aromatic heterocycles. The number of aromatic nitrogens is 5. The van der Waals surface area contributed by atoms with E-state index >= 15 is 0 Å². The van der Waals surface area contributed by atoms with Crippen LogP contribution in [0, 0.1) is 0 Å². The molecule has 1 saturated heterocycles. The molecule has 5 heterocycles. The first-order chi connectivity index (χ1) is 11.9. The number of hydrogen-bond acceptors (Lipinski definition) is 4. The Morgan fingerprint density at radius 2 is 1.96 bits per heavy atom. The van der Waals surface area contributed by atoms with Gasteiger partial charge in [0.15, 0.2) is 0 Å². The van der Waals surface area contributed by atoms with Gasteiger partial charge in [0.2, 0.25) is 0 Å². The molecule has 1 fully saturated rings. The molecule has 6 nitrogen and oxygen atoms in total. The van der Waals surface area contributed by atoms with Gasteiger partial charge in [0, 0.05) is 23.2 Å². The fourth-order valence-corrected chi connectivity index (χ4v) is 3.56. The molecule has 0 bridgehead atoms. The van der Waals surface area contributed by atoms with Crippen LogP contribution < -0.4 is 5.32 Å². The second kappa shape index (κ2) is 5.42. The summed E-state index contributed by atoms with van der Waals surface area (Å²) in [5.41, 5.74) is 6.03. The Bertz CT molecular complexity index is 976. The van der Waals surface area contributed by atoms with Crippen LogP contribution in [0.5, 0.6) is 0 Å². The first-order valence-corrected chi connectivity index (χ1v) is 8.37. The third-order valence-corrected chi connectivity index (χ3v) is 4.87. The van der Waals surface area contributed by atoms with E-state index in [1.807, 2.05) is 24.5 Å². The van der Waals surface area contributed by atoms with Crippen LogP contribution in [0.3, 0.4) is 0 Å². The Kier molecular flexibility index (Phi) is 3.09. The molecule has 1 aliphatic rings. The molecule has 4 aromatic rings. The number of piperidine rings is 1. The molecule has 0 saturated carbocycles. The molecule has 1 aliphatic heterocycles. The molecular weight excluding hydrogens is 300 g/mol. The Hall–Kier alpha value is -2.73. The van der Waals surface area contributed by atoms with E-state index < -0.39 is 0 Å². The molecule has 5 rings (SSSR count). The zero-order valence-corrected chi connectivity index (χ0v) is 13.2. The first-order valence-electron chi connectivity index (χ1n) is 8.37. The number of nitrogens with zero attached hydrogens (tertiary/aromatic N) is 3. The fraction of sp³-hybridized carbons (Fsp3) is 0.278. The van der Waals surface area contributed by atoms with Crippen molar-refractivity contribution in [1.82, 2.24) is 30.5 Å². The van der Waals surface area contributed by atoms with Crippen molar-refractivity contribution in [3.63, 3.8) is 0 Å². The lowest BCUT2D eigenvalue weighted by atomic mass is 9.93. The maximum atomic E-state index is 4.66. The van der Waals surface area contributed by atoms with Gasteiger partial charge >= 0.3 is 0 Å². The molecule has 0 aromatic carbocycles. The summed E-state index contributed by atoms with van der Waals surface area (Å²) < 4.78 is 0. The summed E-state index contributed by atoms with van der Waals surface area (Å²) in [5.74, 6) is 0.530. The highest BCUT2D eigenvalue weighted by molar-refractivity contribution is 5.94. The van der Waals surface area contributed by atoms with Gasteiger partial charge in [-0.1, -0.05) is 0 Å². The van der Waals surface area contributed by atoms with Crippen LogP contribution in [0.15, 0.2) is 36.7 Å². The van der Waals surface area contributed by atoms with E-state index in [9.17, 15) is 0 Å². The van der Waals surface area contributed by atoms with E-state index in [1.54, 1.807) is 0 Å². The molecule has 0 radical (unpaired) electrons. The molecular formula is C18H18N6. The number of nitrogens with one attached hydrogen (secondary N) is 3. The average Bonchev–Trinajstić information content (AvgIpc) is 3.25. The highest BCUT2D eigenvalue weighted by atomic mass is 15.1. The van der Waals surface area contributed by atoms with Crippen molar-refractivity contribution in [2.45, 2.75) is 18.8 Å². The Labute approximate surface area is 138 Å². The lowest BCUT2D eigenvalue weighted by molar-refractivity contribution is 0.453. The minimum absolute atomic E-state index is 0.530. The van der Waals surface area contributed by atoms with E-state index in [0.717, 1.165) is 59.3 Å². The number of pyridine rings is 2. The normalized spacial score (nSPS) is 16.2. The molecule has 0 amide bonds. The third-order valence-electron chi connectivity index (χ3n) is 4.87. The topological polar surface area (TPSA) is 82.3 Å². The van der Waals surface area contributed by atoms with E-state index in [4.69, 9.17) is 0 Å². The predicted molar refractivity (Wildman–Crippen MR) is 93.8 cm³/mol. The zero-order valence-electron chi connectivity index (χ0n) is 13.2. The SMILES string of the molecule is c1cnc2cc(-c3n[nH]c4cnc(C5CCNCC5)cc34)[nH]c2c1. The lowest BCUT2D eigenvalue weighted by Gasteiger charge is -2.22. The summed E-state index contributed by atoms with van der Waals surface area (Å²) in [6, 6.07) is 8.21. The fourth-order valence-electron chi connectivity index (χ4n) is 3.56. The number of hydrogen-bond donors (Lipinski definition) is 3. The van der Waals surface area contributed by atoms with Gasteiger partial charge in [0.25, 0.3) is 0 Å². The van der Waals surface area contributed by atoms with Crippen molar-refractivity contribution in [3.05, 3.63) is 42.4 Å². The zero-order chi connectivity index (χ0) is 15.9. The summed E-state index contributed by atoms with van der Waals surface area (Å²) in [7, 11) is 0. The van der Waals surface area contributed by atoms with E-state index in [-0.39, 0.29) is 0 Å². The minimum atomic E-state index is 0.530. The maximum Gasteiger partial charge on any atom is 0.116 e. The monoisotopic (exact) mass is 318 g/mol. The van der Waals surface area contributed by atoms with Gasteiger partial charge in [-0.2, -0.15) is 5.10 Å². The summed E-state index contributed by atoms with van der Waals surface area (Å²) in [6.07, 6.45) is 6.00. The summed E-state index contributed by atoms with van der Waals surface area (Å²) >= 11 is 0. The van der Waals surface area contributed by atoms with Gasteiger partial charge in [0.05, 0.1) is 28.4 Å². The quantitative estimate of drug-likeness (QED) is 0.531. The van der Waals surface area contributed by atoms with Gasteiger partial charge in [-0.05, 0) is 50.2 Å². The van der Waals surface area contributed by atoms with E-state index in [2.05, 4.69) is 42.6 Å². The largest absolute Gasteiger partial charge is 0.352 e. The van der Waals surface area contributed by atoms with Gasteiger partial charge in [-0.3, -0.25) is 15.1 Å². The highest BCUT2D eigenvalue weighted by Gasteiger charge is 2.19. The van der Waals surface area contributed by atoms with E-state index in [0.29, 0.717) is 5.92 Å². The van der Waals surface area contributed by atoms with Crippen LogP contribution in [0.25, 0.3) is 33.3 Å². The number of fused-ring (bicyclic) bond motifs is 2. The molecule has 24 heavy (non-hydrogen) atoms. The van der Waals surface area contributed by atoms with Gasteiger partial charge < -0.3 is 10.3 Å². The Morgan fingerprint density at radius 1 is 1.04 bits per heavy atom. The first kappa shape index (κ1) is 13.7. The maximum absolute atomic E-state index is 4.66. The van der Waals surface area contributed by atoms with Crippen molar-refractivity contribution >= 4 is 21.9 Å². The molecule has 0 aliphatic carbocycles. The number of aromatic amines is 2. The molecule has 0 atom stereocenters. The van der Waals surface area contributed by atoms with Crippen LogP contribution in [0.1, 0.15) is 24.5 Å². The third kappa shape index (κ3) is 2.18. The lowest BCUT2D eigenvalue weighted by Crippen LogP contribution is -2.27. The minimum Gasteiger partial charge on any atom is -0.352 e. The number of rotatable bonds is 2. The van der Waals surface area contributed by atoms with Gasteiger partial charge in [0.1, 0.15) is 5.69 Å². The van der Waals surface area contributed by atoms with Crippen LogP contribution >= 0.6 is 0 Å². The Morgan fingerprint density at radius 3 is 2.83 bits per heavy atom. The molecule has 3 N–H and O–H groups in total. The van der Waals surface area contributed by atoms with E-state index in [1.165, 1.54) is 5.69 Å². The van der Waals surface area contributed by atoms with Crippen LogP contribution in [0.4, 0.5) is 0 Å². The summed E-state index contributed by atoms with van der Waals surface area (Å²) in [5, 5.41) is 12.1. The van der Waals surface area contributed by atoms with Crippen molar-refractivity contribution in [3.8, 4) is 11.4 Å². The molecule has 120 valence electrons. The summed E-state index contributed by atoms with van der Waals surface area (Å²) in [6.45, 7) is 2.13. The summed E-state index contributed by atoms with van der Waals surface area (Å²) in [4.78, 5) is 12.5. The molecule has 6 heteroatoms. The van der Waals surface area contributed by atoms with Crippen LogP contribution in [-0.4, -0.2) is 38.2 Å². The standard InChI is InChI=1S/C18H18N6/c1-2-13-15(20-5-1)9-16(22-13)18-12-8-14(11-3-6-19-7-4-11)21-10-17(12)23-24-18/h1-2,5,8-11,19,22H,3-4,6-7H2,(H,23,24). The smallest absolute Gasteiger partial charge is 0.116 e.